The smallest absolute Gasteiger partial charge is 0.407 e. The Balaban J connectivity index is 1.93. The molecule has 3 heterocycles. The van der Waals surface area contributed by atoms with E-state index in [4.69, 9.17) is 5.11 Å². The first-order valence-electron chi connectivity index (χ1n) is 8.35. The number of amides is 1. The normalized spacial score (nSPS) is 16.3. The lowest BCUT2D eigenvalue weighted by Crippen LogP contribution is -2.61. The van der Waals surface area contributed by atoms with Gasteiger partial charge in [-0.3, -0.25) is 14.4 Å². The summed E-state index contributed by atoms with van der Waals surface area (Å²) in [4.78, 5) is 32.6. The zero-order chi connectivity index (χ0) is 18.7. The van der Waals surface area contributed by atoms with Crippen LogP contribution in [0.1, 0.15) is 21.6 Å². The summed E-state index contributed by atoms with van der Waals surface area (Å²) in [6, 6.07) is 7.19. The molecule has 3 rings (SSSR count). The van der Waals surface area contributed by atoms with E-state index in [2.05, 4.69) is 9.97 Å². The maximum absolute atomic E-state index is 11.3. The molecule has 8 heteroatoms. The van der Waals surface area contributed by atoms with Gasteiger partial charge in [0.15, 0.2) is 0 Å². The van der Waals surface area contributed by atoms with Gasteiger partial charge >= 0.3 is 12.1 Å². The minimum Gasteiger partial charge on any atom is -0.478 e. The summed E-state index contributed by atoms with van der Waals surface area (Å²) in [5.74, 6) is -0.296. The molecule has 1 amide bonds. The molecule has 0 aliphatic carbocycles. The third kappa shape index (κ3) is 3.65. The summed E-state index contributed by atoms with van der Waals surface area (Å²) in [6.45, 7) is 4.47. The predicted molar refractivity (Wildman–Crippen MR) is 95.0 cm³/mol. The molecule has 26 heavy (non-hydrogen) atoms. The fourth-order valence-corrected chi connectivity index (χ4v) is 3.30. The number of rotatable bonds is 4. The van der Waals surface area contributed by atoms with Crippen LogP contribution in [0.2, 0.25) is 0 Å². The third-order valence-corrected chi connectivity index (χ3v) is 4.78. The average Bonchev–Trinajstić information content (AvgIpc) is 2.62. The van der Waals surface area contributed by atoms with Gasteiger partial charge in [-0.2, -0.15) is 0 Å². The Labute approximate surface area is 150 Å². The van der Waals surface area contributed by atoms with Crippen molar-refractivity contribution in [3.05, 3.63) is 53.5 Å². The molecule has 0 bridgehead atoms. The van der Waals surface area contributed by atoms with Crippen molar-refractivity contribution in [1.29, 1.82) is 0 Å². The lowest BCUT2D eigenvalue weighted by atomic mass is 10.1. The Hall–Kier alpha value is -3.00. The molecule has 8 nitrogen and oxygen atoms in total. The summed E-state index contributed by atoms with van der Waals surface area (Å²) >= 11 is 0. The van der Waals surface area contributed by atoms with Gasteiger partial charge in [-0.15, -0.1) is 0 Å². The Morgan fingerprint density at radius 3 is 2.42 bits per heavy atom. The number of aromatic nitrogens is 2. The van der Waals surface area contributed by atoms with Crippen molar-refractivity contribution in [1.82, 2.24) is 19.4 Å². The molecule has 2 aromatic heterocycles. The van der Waals surface area contributed by atoms with Crippen molar-refractivity contribution < 1.29 is 19.8 Å². The van der Waals surface area contributed by atoms with Crippen LogP contribution in [0.15, 0.2) is 36.7 Å². The molecule has 1 fully saturated rings. The van der Waals surface area contributed by atoms with E-state index in [-0.39, 0.29) is 5.56 Å². The fourth-order valence-electron chi connectivity index (χ4n) is 3.30. The van der Waals surface area contributed by atoms with Crippen LogP contribution in [0.3, 0.4) is 0 Å². The Kier molecular flexibility index (Phi) is 4.85. The molecule has 0 saturated carbocycles. The summed E-state index contributed by atoms with van der Waals surface area (Å²) in [6.07, 6.45) is 2.19. The third-order valence-electron chi connectivity index (χ3n) is 4.78. The van der Waals surface area contributed by atoms with Crippen LogP contribution in [0.5, 0.6) is 0 Å². The first-order valence-corrected chi connectivity index (χ1v) is 8.35. The molecule has 2 N–H and O–H groups in total. The van der Waals surface area contributed by atoms with Gasteiger partial charge in [0, 0.05) is 18.5 Å². The van der Waals surface area contributed by atoms with Gasteiger partial charge in [0.05, 0.1) is 24.3 Å². The van der Waals surface area contributed by atoms with E-state index in [0.717, 1.165) is 17.1 Å². The Morgan fingerprint density at radius 2 is 1.88 bits per heavy atom. The quantitative estimate of drug-likeness (QED) is 0.811. The van der Waals surface area contributed by atoms with Crippen LogP contribution in [-0.4, -0.2) is 63.3 Å². The zero-order valence-electron chi connectivity index (χ0n) is 14.5. The minimum atomic E-state index is -1.02. The van der Waals surface area contributed by atoms with Crippen LogP contribution in [0.25, 0.3) is 0 Å². The molecule has 2 aromatic rings. The minimum absolute atomic E-state index is 0.129. The highest BCUT2D eigenvalue weighted by molar-refractivity contribution is 5.87. The maximum Gasteiger partial charge on any atom is 0.407 e. The van der Waals surface area contributed by atoms with Gasteiger partial charge in [-0.25, -0.2) is 14.6 Å². The number of carboxylic acids is 1. The van der Waals surface area contributed by atoms with E-state index >= 15 is 0 Å². The molecule has 1 aliphatic heterocycles. The topological polar surface area (TPSA) is 104 Å². The Bertz CT molecular complexity index is 814. The molecule has 0 unspecified atom stereocenters. The number of nitrogens with zero attached hydrogens (tertiary/aromatic N) is 4. The van der Waals surface area contributed by atoms with Crippen molar-refractivity contribution in [2.45, 2.75) is 13.5 Å². The number of hydrogen-bond acceptors (Lipinski definition) is 4. The summed E-state index contributed by atoms with van der Waals surface area (Å²) in [5, 5.41) is 18.3. The molecule has 1 saturated heterocycles. The predicted octanol–water partition coefficient (Wildman–Crippen LogP) is 1.98. The molecule has 1 aliphatic rings. The van der Waals surface area contributed by atoms with Gasteiger partial charge in [-0.05, 0) is 30.7 Å². The number of carbonyl (C=O) groups is 2. The van der Waals surface area contributed by atoms with Gasteiger partial charge in [0.2, 0.25) is 5.82 Å². The fraction of sp³-hybridized carbons (Fsp3) is 0.333. The lowest BCUT2D eigenvalue weighted by Gasteiger charge is -2.42. The summed E-state index contributed by atoms with van der Waals surface area (Å²) in [7, 11) is 0. The maximum atomic E-state index is 11.3. The number of aryl methyl sites for hydroxylation is 1. The highest BCUT2D eigenvalue weighted by Gasteiger charge is 2.38. The van der Waals surface area contributed by atoms with Crippen LogP contribution >= 0.6 is 0 Å². The molecule has 0 aromatic carbocycles. The van der Waals surface area contributed by atoms with E-state index in [1.165, 1.54) is 17.2 Å². The van der Waals surface area contributed by atoms with Gasteiger partial charge in [-0.1, -0.05) is 0 Å². The second kappa shape index (κ2) is 7.09. The molecular weight excluding hydrogens is 336 g/mol. The van der Waals surface area contributed by atoms with Crippen molar-refractivity contribution >= 4 is 17.9 Å². The van der Waals surface area contributed by atoms with Crippen LogP contribution in [-0.2, 0) is 6.54 Å². The van der Waals surface area contributed by atoms with Gasteiger partial charge in [0.1, 0.15) is 19.6 Å². The van der Waals surface area contributed by atoms with Crippen LogP contribution < -0.4 is 4.48 Å². The lowest BCUT2D eigenvalue weighted by molar-refractivity contribution is 0.0695. The number of quaternary nitrogens is 1. The number of carboxylic acid groups (broad SMARTS) is 2. The zero-order valence-corrected chi connectivity index (χ0v) is 14.5. The van der Waals surface area contributed by atoms with Gasteiger partial charge < -0.3 is 10.2 Å². The standard InChI is InChI=1S/C18H20N4O4/c1-13-4-5-19-15(10-13)12-22(8-6-21(7-9-22)18(25)26)16-3-2-14(11-20-16)17(23)24/h2-5,10-11H,6-9,12H2,1H3,(H-,23,24,25,26)/p+1. The summed E-state index contributed by atoms with van der Waals surface area (Å²) < 4.78 is 0.445. The molecular formula is C18H21N4O4+. The van der Waals surface area contributed by atoms with Crippen LogP contribution in [0.4, 0.5) is 10.6 Å². The van der Waals surface area contributed by atoms with Crippen molar-refractivity contribution in [3.8, 4) is 0 Å². The molecule has 0 spiro atoms. The molecule has 0 atom stereocenters. The largest absolute Gasteiger partial charge is 0.478 e. The monoisotopic (exact) mass is 357 g/mol. The number of piperazine rings is 1. The average molecular weight is 357 g/mol. The number of aromatic carboxylic acids is 1. The second-order valence-electron chi connectivity index (χ2n) is 6.55. The number of hydrogen-bond donors (Lipinski definition) is 2. The van der Waals surface area contributed by atoms with Crippen molar-refractivity contribution in [2.24, 2.45) is 0 Å². The van der Waals surface area contributed by atoms with E-state index in [9.17, 15) is 14.7 Å². The van der Waals surface area contributed by atoms with Crippen molar-refractivity contribution in [3.63, 3.8) is 0 Å². The second-order valence-corrected chi connectivity index (χ2v) is 6.55. The summed E-state index contributed by atoms with van der Waals surface area (Å²) in [5.41, 5.74) is 2.13. The molecule has 0 radical (unpaired) electrons. The van der Waals surface area contributed by atoms with E-state index in [1.807, 2.05) is 19.1 Å². The van der Waals surface area contributed by atoms with E-state index < -0.39 is 12.1 Å². The van der Waals surface area contributed by atoms with E-state index in [1.54, 1.807) is 12.3 Å². The first kappa shape index (κ1) is 17.8. The number of pyridine rings is 2. The Morgan fingerprint density at radius 1 is 1.15 bits per heavy atom. The SMILES string of the molecule is Cc1ccnc(C[N+]2(c3ccc(C(=O)O)cn3)CCN(C(=O)O)CC2)c1. The highest BCUT2D eigenvalue weighted by atomic mass is 16.4. The highest BCUT2D eigenvalue weighted by Crippen LogP contribution is 2.26. The van der Waals surface area contributed by atoms with E-state index in [0.29, 0.717) is 37.2 Å². The van der Waals surface area contributed by atoms with Crippen LogP contribution in [0, 0.1) is 6.92 Å². The molecule has 136 valence electrons. The van der Waals surface area contributed by atoms with Crippen molar-refractivity contribution in [2.75, 3.05) is 26.2 Å². The first-order chi connectivity index (χ1) is 12.4. The van der Waals surface area contributed by atoms with Gasteiger partial charge in [0.25, 0.3) is 0 Å².